The summed E-state index contributed by atoms with van der Waals surface area (Å²) in [7, 11) is 0. The fourth-order valence-electron chi connectivity index (χ4n) is 2.18. The van der Waals surface area contributed by atoms with Crippen LogP contribution >= 0.6 is 11.3 Å². The van der Waals surface area contributed by atoms with Crippen molar-refractivity contribution >= 4 is 11.3 Å². The molecule has 1 aliphatic rings. The van der Waals surface area contributed by atoms with Gasteiger partial charge in [-0.05, 0) is 35.9 Å². The molecule has 2 heteroatoms. The third-order valence-corrected chi connectivity index (χ3v) is 4.24. The molecular weight excluding hydrogens is 214 g/mol. The highest BCUT2D eigenvalue weighted by Gasteiger charge is 2.25. The monoisotopic (exact) mass is 231 g/mol. The maximum Gasteiger partial charge on any atom is 0.0525 e. The first-order valence-electron chi connectivity index (χ1n) is 5.48. The minimum atomic E-state index is 0.402. The van der Waals surface area contributed by atoms with Crippen molar-refractivity contribution in [3.8, 4) is 0 Å². The summed E-state index contributed by atoms with van der Waals surface area (Å²) >= 11 is 1.86. The molecule has 2 heterocycles. The molecule has 0 N–H and O–H groups in total. The van der Waals surface area contributed by atoms with Crippen molar-refractivity contribution in [2.75, 3.05) is 6.54 Å². The molecule has 0 radical (unpaired) electrons. The molecule has 16 heavy (non-hydrogen) atoms. The van der Waals surface area contributed by atoms with Crippen LogP contribution in [0.2, 0.25) is 0 Å². The van der Waals surface area contributed by atoms with E-state index in [2.05, 4.69) is 43.0 Å². The zero-order valence-electron chi connectivity index (χ0n) is 9.70. The van der Waals surface area contributed by atoms with Crippen LogP contribution < -0.4 is 0 Å². The Morgan fingerprint density at radius 1 is 1.56 bits per heavy atom. The van der Waals surface area contributed by atoms with Gasteiger partial charge in [-0.3, -0.25) is 0 Å². The number of thiophene rings is 1. The first-order valence-corrected chi connectivity index (χ1v) is 6.36. The molecule has 0 aliphatic carbocycles. The number of nitrogens with zero attached hydrogens (tertiary/aromatic N) is 1. The highest BCUT2D eigenvalue weighted by molar-refractivity contribution is 7.10. The largest absolute Gasteiger partial charge is 0.364 e. The molecule has 1 aromatic heterocycles. The Kier molecular flexibility index (Phi) is 3.01. The third-order valence-electron chi connectivity index (χ3n) is 3.24. The van der Waals surface area contributed by atoms with Crippen molar-refractivity contribution < 1.29 is 0 Å². The third kappa shape index (κ3) is 1.74. The summed E-state index contributed by atoms with van der Waals surface area (Å²) in [5, 5.41) is 2.18. The van der Waals surface area contributed by atoms with Gasteiger partial charge in [0.15, 0.2) is 0 Å². The number of hydrogen-bond acceptors (Lipinski definition) is 2. The van der Waals surface area contributed by atoms with E-state index < -0.39 is 0 Å². The molecule has 84 valence electrons. The van der Waals surface area contributed by atoms with E-state index in [4.69, 9.17) is 0 Å². The normalized spacial score (nSPS) is 19.1. The molecule has 0 amide bonds. The summed E-state index contributed by atoms with van der Waals surface area (Å²) in [6, 6.07) is 2.63. The zero-order chi connectivity index (χ0) is 11.7. The molecule has 1 aromatic rings. The van der Waals surface area contributed by atoms with Crippen molar-refractivity contribution in [2.24, 2.45) is 0 Å². The van der Waals surface area contributed by atoms with Crippen molar-refractivity contribution in [3.05, 3.63) is 59.0 Å². The molecule has 1 aliphatic heterocycles. The van der Waals surface area contributed by atoms with Gasteiger partial charge in [0.25, 0.3) is 0 Å². The lowest BCUT2D eigenvalue weighted by atomic mass is 9.99. The Labute approximate surface area is 101 Å². The lowest BCUT2D eigenvalue weighted by Crippen LogP contribution is -2.32. The molecule has 0 saturated carbocycles. The highest BCUT2D eigenvalue weighted by Crippen LogP contribution is 2.35. The highest BCUT2D eigenvalue weighted by atomic mass is 32.1. The van der Waals surface area contributed by atoms with Gasteiger partial charge < -0.3 is 4.90 Å². The molecule has 0 fully saturated rings. The molecule has 1 atom stereocenters. The Hall–Kier alpha value is -1.28. The van der Waals surface area contributed by atoms with Gasteiger partial charge in [0.1, 0.15) is 0 Å². The van der Waals surface area contributed by atoms with Crippen molar-refractivity contribution in [2.45, 2.75) is 19.4 Å². The van der Waals surface area contributed by atoms with Gasteiger partial charge >= 0.3 is 0 Å². The fourth-order valence-corrected chi connectivity index (χ4v) is 3.14. The van der Waals surface area contributed by atoms with E-state index in [1.54, 1.807) is 6.08 Å². The summed E-state index contributed by atoms with van der Waals surface area (Å²) in [6.07, 6.45) is 2.89. The van der Waals surface area contributed by atoms with Gasteiger partial charge in [0.05, 0.1) is 6.04 Å². The number of fused-ring (bicyclic) bond motifs is 1. The van der Waals surface area contributed by atoms with E-state index in [0.717, 1.165) is 24.2 Å². The zero-order valence-corrected chi connectivity index (χ0v) is 10.5. The van der Waals surface area contributed by atoms with E-state index in [-0.39, 0.29) is 0 Å². The van der Waals surface area contributed by atoms with E-state index in [1.807, 2.05) is 11.3 Å². The lowest BCUT2D eigenvalue weighted by molar-refractivity contribution is 0.266. The number of hydrogen-bond donors (Lipinski definition) is 0. The summed E-state index contributed by atoms with van der Waals surface area (Å²) in [4.78, 5) is 3.83. The SMILES string of the molecule is C=CC(=C)C(=C)N1CCc2sccc2C1C. The molecule has 0 aromatic carbocycles. The van der Waals surface area contributed by atoms with Crippen molar-refractivity contribution in [3.63, 3.8) is 0 Å². The topological polar surface area (TPSA) is 3.24 Å². The fraction of sp³-hybridized carbons (Fsp3) is 0.286. The minimum Gasteiger partial charge on any atom is -0.364 e. The second kappa shape index (κ2) is 4.30. The summed E-state index contributed by atoms with van der Waals surface area (Å²) in [5.41, 5.74) is 3.36. The quantitative estimate of drug-likeness (QED) is 0.713. The average molecular weight is 231 g/mol. The maximum atomic E-state index is 4.12. The Morgan fingerprint density at radius 2 is 2.31 bits per heavy atom. The second-order valence-corrected chi connectivity index (χ2v) is 5.10. The van der Waals surface area contributed by atoms with E-state index in [1.165, 1.54) is 10.4 Å². The molecule has 0 spiro atoms. The number of allylic oxidation sites excluding steroid dienone is 1. The summed E-state index contributed by atoms with van der Waals surface area (Å²) < 4.78 is 0. The predicted molar refractivity (Wildman–Crippen MR) is 71.6 cm³/mol. The van der Waals surface area contributed by atoms with E-state index >= 15 is 0 Å². The van der Waals surface area contributed by atoms with Gasteiger partial charge in [0.2, 0.25) is 0 Å². The van der Waals surface area contributed by atoms with Crippen molar-refractivity contribution in [1.82, 2.24) is 4.90 Å². The van der Waals surface area contributed by atoms with Crippen LogP contribution in [0.25, 0.3) is 0 Å². The first kappa shape index (κ1) is 11.2. The molecular formula is C14H17NS. The molecule has 1 nitrogen and oxygen atoms in total. The van der Waals surface area contributed by atoms with Gasteiger partial charge in [-0.2, -0.15) is 0 Å². The molecule has 1 unspecified atom stereocenters. The van der Waals surface area contributed by atoms with E-state index in [0.29, 0.717) is 6.04 Å². The Bertz CT molecular complexity index is 441. The molecule has 0 saturated heterocycles. The van der Waals surface area contributed by atoms with Crippen LogP contribution in [0.5, 0.6) is 0 Å². The van der Waals surface area contributed by atoms with Gasteiger partial charge in [-0.1, -0.05) is 25.8 Å². The van der Waals surface area contributed by atoms with Crippen molar-refractivity contribution in [1.29, 1.82) is 0 Å². The lowest BCUT2D eigenvalue weighted by Gasteiger charge is -2.37. The molecule has 2 rings (SSSR count). The smallest absolute Gasteiger partial charge is 0.0525 e. The Morgan fingerprint density at radius 3 is 3.00 bits per heavy atom. The van der Waals surface area contributed by atoms with Crippen LogP contribution in [-0.2, 0) is 6.42 Å². The molecule has 0 bridgehead atoms. The van der Waals surface area contributed by atoms with Gasteiger partial charge in [0, 0.05) is 17.1 Å². The standard InChI is InChI=1S/C14H17NS/c1-5-10(2)11(3)15-8-6-14-13(12(15)4)7-9-16-14/h5,7,9,12H,1-3,6,8H2,4H3. The first-order chi connectivity index (χ1) is 7.65. The summed E-state index contributed by atoms with van der Waals surface area (Å²) in [5.74, 6) is 0. The van der Waals surface area contributed by atoms with Gasteiger partial charge in [-0.15, -0.1) is 11.3 Å². The average Bonchev–Trinajstić information content (AvgIpc) is 2.76. The van der Waals surface area contributed by atoms with Crippen LogP contribution in [0.3, 0.4) is 0 Å². The van der Waals surface area contributed by atoms with Crippen LogP contribution in [0.15, 0.2) is 48.5 Å². The minimum absolute atomic E-state index is 0.402. The Balaban J connectivity index is 2.25. The summed E-state index contributed by atoms with van der Waals surface area (Å²) in [6.45, 7) is 15.1. The van der Waals surface area contributed by atoms with Crippen LogP contribution in [0.4, 0.5) is 0 Å². The maximum absolute atomic E-state index is 4.12. The van der Waals surface area contributed by atoms with Crippen LogP contribution in [-0.4, -0.2) is 11.4 Å². The number of rotatable bonds is 3. The van der Waals surface area contributed by atoms with Crippen LogP contribution in [0, 0.1) is 0 Å². The predicted octanol–water partition coefficient (Wildman–Crippen LogP) is 3.92. The van der Waals surface area contributed by atoms with Gasteiger partial charge in [-0.25, -0.2) is 0 Å². The van der Waals surface area contributed by atoms with Crippen LogP contribution in [0.1, 0.15) is 23.4 Å². The van der Waals surface area contributed by atoms with E-state index in [9.17, 15) is 0 Å². The second-order valence-electron chi connectivity index (χ2n) is 4.09.